The van der Waals surface area contributed by atoms with Gasteiger partial charge in [0.1, 0.15) is 5.82 Å². The number of halogens is 1. The topological polar surface area (TPSA) is 46.9 Å². The molecular formula is C20H18ClN3O. The number of amides is 1. The van der Waals surface area contributed by atoms with Crippen LogP contribution in [0.2, 0.25) is 5.02 Å². The number of terminal acetylenes is 1. The Hall–Kier alpha value is -2.77. The first-order chi connectivity index (χ1) is 12.2. The Labute approximate surface area is 151 Å². The van der Waals surface area contributed by atoms with E-state index in [2.05, 4.69) is 16.2 Å². The molecule has 4 nitrogen and oxygen atoms in total. The number of imidazole rings is 1. The van der Waals surface area contributed by atoms with Crippen molar-refractivity contribution in [2.45, 2.75) is 19.4 Å². The fourth-order valence-electron chi connectivity index (χ4n) is 2.77. The Morgan fingerprint density at radius 1 is 1.20 bits per heavy atom. The fraction of sp³-hybridized carbons (Fsp3) is 0.200. The summed E-state index contributed by atoms with van der Waals surface area (Å²) in [5, 5.41) is 3.52. The van der Waals surface area contributed by atoms with Crippen LogP contribution in [0.1, 0.15) is 11.4 Å². The van der Waals surface area contributed by atoms with Crippen molar-refractivity contribution in [3.8, 4) is 12.3 Å². The maximum absolute atomic E-state index is 12.1. The van der Waals surface area contributed by atoms with Crippen LogP contribution in [0.25, 0.3) is 11.0 Å². The summed E-state index contributed by atoms with van der Waals surface area (Å²) in [6, 6.07) is 15.2. The van der Waals surface area contributed by atoms with E-state index < -0.39 is 0 Å². The molecule has 3 aromatic rings. The molecule has 25 heavy (non-hydrogen) atoms. The fourth-order valence-corrected chi connectivity index (χ4v) is 2.98. The summed E-state index contributed by atoms with van der Waals surface area (Å²) in [5.41, 5.74) is 2.74. The average molecular weight is 352 g/mol. The van der Waals surface area contributed by atoms with Crippen molar-refractivity contribution in [2.75, 3.05) is 6.54 Å². The molecule has 1 heterocycles. The van der Waals surface area contributed by atoms with Crippen LogP contribution in [0, 0.1) is 12.3 Å². The second-order valence-electron chi connectivity index (χ2n) is 5.68. The highest BCUT2D eigenvalue weighted by Gasteiger charge is 2.11. The molecule has 3 rings (SSSR count). The van der Waals surface area contributed by atoms with Crippen molar-refractivity contribution in [1.82, 2.24) is 14.9 Å². The number of nitrogens with one attached hydrogen (secondary N) is 1. The Morgan fingerprint density at radius 3 is 2.76 bits per heavy atom. The summed E-state index contributed by atoms with van der Waals surface area (Å²) in [4.78, 5) is 16.7. The van der Waals surface area contributed by atoms with Crippen LogP contribution in [0.5, 0.6) is 0 Å². The van der Waals surface area contributed by atoms with Gasteiger partial charge in [0, 0.05) is 18.0 Å². The minimum Gasteiger partial charge on any atom is -0.355 e. The van der Waals surface area contributed by atoms with Gasteiger partial charge in [-0.05, 0) is 23.8 Å². The first-order valence-electron chi connectivity index (χ1n) is 8.06. The van der Waals surface area contributed by atoms with E-state index in [1.165, 1.54) is 0 Å². The van der Waals surface area contributed by atoms with Gasteiger partial charge in [-0.25, -0.2) is 4.98 Å². The van der Waals surface area contributed by atoms with Gasteiger partial charge in [-0.15, -0.1) is 6.42 Å². The van der Waals surface area contributed by atoms with E-state index in [4.69, 9.17) is 18.0 Å². The van der Waals surface area contributed by atoms with Gasteiger partial charge in [0.05, 0.1) is 24.0 Å². The van der Waals surface area contributed by atoms with Crippen molar-refractivity contribution >= 4 is 28.5 Å². The largest absolute Gasteiger partial charge is 0.355 e. The van der Waals surface area contributed by atoms with Gasteiger partial charge in [0.15, 0.2) is 0 Å². The minimum atomic E-state index is -0.0623. The van der Waals surface area contributed by atoms with Crippen molar-refractivity contribution < 1.29 is 4.79 Å². The Kier molecular flexibility index (Phi) is 5.37. The van der Waals surface area contributed by atoms with Crippen LogP contribution in [-0.4, -0.2) is 22.0 Å². The van der Waals surface area contributed by atoms with E-state index in [0.29, 0.717) is 24.5 Å². The van der Waals surface area contributed by atoms with Crippen LogP contribution in [0.15, 0.2) is 48.5 Å². The maximum atomic E-state index is 12.1. The lowest BCUT2D eigenvalue weighted by molar-refractivity contribution is -0.120. The monoisotopic (exact) mass is 351 g/mol. The zero-order valence-corrected chi connectivity index (χ0v) is 14.5. The number of hydrogen-bond acceptors (Lipinski definition) is 2. The molecule has 0 fully saturated rings. The van der Waals surface area contributed by atoms with E-state index in [9.17, 15) is 4.79 Å². The van der Waals surface area contributed by atoms with Gasteiger partial charge in [0.25, 0.3) is 0 Å². The number of benzene rings is 2. The molecule has 0 aliphatic heterocycles. The number of nitrogens with zero attached hydrogens (tertiary/aromatic N) is 2. The molecule has 1 amide bonds. The van der Waals surface area contributed by atoms with Gasteiger partial charge < -0.3 is 9.88 Å². The molecule has 126 valence electrons. The molecule has 0 bridgehead atoms. The molecule has 2 aromatic carbocycles. The molecular weight excluding hydrogens is 334 g/mol. The second kappa shape index (κ2) is 7.87. The Morgan fingerprint density at radius 2 is 1.96 bits per heavy atom. The second-order valence-corrected chi connectivity index (χ2v) is 6.08. The van der Waals surface area contributed by atoms with E-state index >= 15 is 0 Å². The molecule has 0 saturated heterocycles. The number of aromatic nitrogens is 2. The van der Waals surface area contributed by atoms with Crippen LogP contribution in [-0.2, 0) is 24.2 Å². The van der Waals surface area contributed by atoms with Crippen LogP contribution in [0.3, 0.4) is 0 Å². The van der Waals surface area contributed by atoms with Crippen molar-refractivity contribution in [3.05, 3.63) is 64.9 Å². The maximum Gasteiger partial charge on any atom is 0.224 e. The third-order valence-electron chi connectivity index (χ3n) is 3.96. The molecule has 0 atom stereocenters. The Balaban J connectivity index is 1.63. The van der Waals surface area contributed by atoms with Gasteiger partial charge >= 0.3 is 0 Å². The lowest BCUT2D eigenvalue weighted by Gasteiger charge is -2.08. The highest BCUT2D eigenvalue weighted by atomic mass is 35.5. The standard InChI is InChI=1S/C20H18ClN3O/c1-2-13-24-18-10-6-5-9-17(18)23-19(24)11-12-22-20(25)14-15-7-3-4-8-16(15)21/h1,3-10H,11-14H2,(H,22,25). The van der Waals surface area contributed by atoms with Crippen LogP contribution < -0.4 is 5.32 Å². The first-order valence-corrected chi connectivity index (χ1v) is 8.44. The third-order valence-corrected chi connectivity index (χ3v) is 4.33. The highest BCUT2D eigenvalue weighted by Crippen LogP contribution is 2.17. The van der Waals surface area contributed by atoms with E-state index in [1.54, 1.807) is 6.07 Å². The lowest BCUT2D eigenvalue weighted by atomic mass is 10.1. The first kappa shape index (κ1) is 17.1. The number of rotatable bonds is 6. The SMILES string of the molecule is C#CCn1c(CCNC(=O)Cc2ccccc2Cl)nc2ccccc21. The number of hydrogen-bond donors (Lipinski definition) is 1. The molecule has 1 aromatic heterocycles. The molecule has 1 N–H and O–H groups in total. The lowest BCUT2D eigenvalue weighted by Crippen LogP contribution is -2.28. The van der Waals surface area contributed by atoms with E-state index in [-0.39, 0.29) is 12.3 Å². The third kappa shape index (κ3) is 4.01. The van der Waals surface area contributed by atoms with Gasteiger partial charge in [-0.1, -0.05) is 47.9 Å². The minimum absolute atomic E-state index is 0.0623. The summed E-state index contributed by atoms with van der Waals surface area (Å²) in [7, 11) is 0. The average Bonchev–Trinajstić information content (AvgIpc) is 2.95. The van der Waals surface area contributed by atoms with Gasteiger partial charge in [-0.3, -0.25) is 4.79 Å². The highest BCUT2D eigenvalue weighted by molar-refractivity contribution is 6.31. The summed E-state index contributed by atoms with van der Waals surface area (Å²) in [6.07, 6.45) is 6.36. The normalized spacial score (nSPS) is 10.6. The number of para-hydroxylation sites is 2. The zero-order valence-electron chi connectivity index (χ0n) is 13.7. The molecule has 5 heteroatoms. The van der Waals surface area contributed by atoms with Crippen molar-refractivity contribution in [3.63, 3.8) is 0 Å². The van der Waals surface area contributed by atoms with E-state index in [0.717, 1.165) is 22.4 Å². The van der Waals surface area contributed by atoms with Gasteiger partial charge in [-0.2, -0.15) is 0 Å². The molecule has 0 spiro atoms. The predicted molar refractivity (Wildman–Crippen MR) is 100 cm³/mol. The van der Waals surface area contributed by atoms with Gasteiger partial charge in [0.2, 0.25) is 5.91 Å². The Bertz CT molecular complexity index is 940. The van der Waals surface area contributed by atoms with Crippen molar-refractivity contribution in [2.24, 2.45) is 0 Å². The number of carbonyl (C=O) groups excluding carboxylic acids is 1. The number of fused-ring (bicyclic) bond motifs is 1. The summed E-state index contributed by atoms with van der Waals surface area (Å²) < 4.78 is 2.01. The van der Waals surface area contributed by atoms with E-state index in [1.807, 2.05) is 47.0 Å². The van der Waals surface area contributed by atoms with Crippen LogP contribution in [0.4, 0.5) is 0 Å². The molecule has 0 saturated carbocycles. The summed E-state index contributed by atoms with van der Waals surface area (Å²) in [5.74, 6) is 3.47. The molecule has 0 unspecified atom stereocenters. The zero-order chi connectivity index (χ0) is 17.6. The summed E-state index contributed by atoms with van der Waals surface area (Å²) in [6.45, 7) is 0.959. The smallest absolute Gasteiger partial charge is 0.224 e. The summed E-state index contributed by atoms with van der Waals surface area (Å²) >= 11 is 6.09. The van der Waals surface area contributed by atoms with Crippen molar-refractivity contribution in [1.29, 1.82) is 0 Å². The molecule has 0 radical (unpaired) electrons. The number of carbonyl (C=O) groups is 1. The predicted octanol–water partition coefficient (Wildman–Crippen LogP) is 3.22. The quantitative estimate of drug-likeness (QED) is 0.693. The van der Waals surface area contributed by atoms with Crippen LogP contribution >= 0.6 is 11.6 Å². The molecule has 0 aliphatic carbocycles. The molecule has 0 aliphatic rings.